The van der Waals surface area contributed by atoms with Crippen molar-refractivity contribution in [2.24, 2.45) is 5.73 Å². The summed E-state index contributed by atoms with van der Waals surface area (Å²) in [5.41, 5.74) is 6.25. The first kappa shape index (κ1) is 34.4. The number of amides is 4. The van der Waals surface area contributed by atoms with E-state index < -0.39 is 58.6 Å². The van der Waals surface area contributed by atoms with Gasteiger partial charge in [-0.05, 0) is 62.6 Å². The van der Waals surface area contributed by atoms with E-state index in [2.05, 4.69) is 5.32 Å². The molecule has 3 saturated heterocycles. The average Bonchev–Trinajstić information content (AvgIpc) is 3.50. The molecule has 4 unspecified atom stereocenters. The lowest BCUT2D eigenvalue weighted by Gasteiger charge is -2.54. The zero-order valence-electron chi connectivity index (χ0n) is 25.2. The van der Waals surface area contributed by atoms with Gasteiger partial charge in [-0.3, -0.25) is 19.2 Å². The van der Waals surface area contributed by atoms with E-state index in [4.69, 9.17) is 40.5 Å². The van der Waals surface area contributed by atoms with Crippen LogP contribution in [0.25, 0.3) is 0 Å². The number of hydrogen-bond acceptors (Lipinski definition) is 7. The highest BCUT2D eigenvalue weighted by molar-refractivity contribution is 7.89. The average molecular weight is 714 g/mol. The maximum absolute atomic E-state index is 14.4. The van der Waals surface area contributed by atoms with Gasteiger partial charge in [0, 0.05) is 35.6 Å². The van der Waals surface area contributed by atoms with Gasteiger partial charge < -0.3 is 25.8 Å². The summed E-state index contributed by atoms with van der Waals surface area (Å²) in [5.74, 6) is -2.00. The number of nitrogens with one attached hydrogen (secondary N) is 1. The Morgan fingerprint density at radius 1 is 1.00 bits per heavy atom. The molecule has 248 valence electrons. The molecule has 0 aromatic heterocycles. The number of sulfonamides is 1. The summed E-state index contributed by atoms with van der Waals surface area (Å²) in [4.78, 5) is 58.3. The second-order valence-corrected chi connectivity index (χ2v) is 15.0. The molecule has 2 aromatic rings. The Balaban J connectivity index is 1.58. The van der Waals surface area contributed by atoms with Crippen molar-refractivity contribution in [1.29, 1.82) is 0 Å². The van der Waals surface area contributed by atoms with Gasteiger partial charge in [0.2, 0.25) is 33.7 Å². The number of fused-ring (bicyclic) bond motifs is 1. The molecule has 16 heteroatoms. The van der Waals surface area contributed by atoms with Crippen LogP contribution < -0.4 is 11.1 Å². The van der Waals surface area contributed by atoms with Crippen LogP contribution in [0.15, 0.2) is 47.4 Å². The van der Waals surface area contributed by atoms with Crippen LogP contribution in [0.5, 0.6) is 0 Å². The van der Waals surface area contributed by atoms with Crippen molar-refractivity contribution in [1.82, 2.24) is 24.3 Å². The molecule has 0 aliphatic carbocycles. The summed E-state index contributed by atoms with van der Waals surface area (Å²) in [7, 11) is -4.43. The number of nitrogens with zero attached hydrogens (tertiary/aromatic N) is 4. The number of carbonyl (C=O) groups is 4. The van der Waals surface area contributed by atoms with Gasteiger partial charge in [-0.1, -0.05) is 46.9 Å². The van der Waals surface area contributed by atoms with Crippen LogP contribution in [0, 0.1) is 0 Å². The van der Waals surface area contributed by atoms with Crippen molar-refractivity contribution in [3.63, 3.8) is 0 Å². The Morgan fingerprint density at radius 3 is 2.30 bits per heavy atom. The summed E-state index contributed by atoms with van der Waals surface area (Å²) < 4.78 is 29.9. The molecule has 3 heterocycles. The van der Waals surface area contributed by atoms with E-state index in [0.717, 1.165) is 4.31 Å². The number of likely N-dealkylation sites (tertiary alicyclic amines) is 1. The molecule has 4 amide bonds. The van der Waals surface area contributed by atoms with Gasteiger partial charge in [0.1, 0.15) is 29.2 Å². The van der Waals surface area contributed by atoms with E-state index in [0.29, 0.717) is 30.0 Å². The van der Waals surface area contributed by atoms with Gasteiger partial charge in [0.05, 0.1) is 18.1 Å². The highest BCUT2D eigenvalue weighted by Gasteiger charge is 2.55. The predicted molar refractivity (Wildman–Crippen MR) is 173 cm³/mol. The molecule has 3 fully saturated rings. The summed E-state index contributed by atoms with van der Waals surface area (Å²) >= 11 is 18.5. The van der Waals surface area contributed by atoms with Crippen molar-refractivity contribution >= 4 is 68.5 Å². The van der Waals surface area contributed by atoms with E-state index in [1.165, 1.54) is 28.0 Å². The van der Waals surface area contributed by atoms with Crippen LogP contribution in [0.1, 0.15) is 32.3 Å². The predicted octanol–water partition coefficient (Wildman–Crippen LogP) is 2.10. The Labute approximate surface area is 282 Å². The molecule has 3 N–H and O–H groups in total. The molecule has 0 bridgehead atoms. The van der Waals surface area contributed by atoms with E-state index >= 15 is 0 Å². The van der Waals surface area contributed by atoms with Crippen molar-refractivity contribution in [3.8, 4) is 0 Å². The van der Waals surface area contributed by atoms with E-state index in [1.54, 1.807) is 29.2 Å². The summed E-state index contributed by atoms with van der Waals surface area (Å²) in [6.07, 6.45) is -0.126. The normalized spacial score (nSPS) is 24.0. The topological polar surface area (TPSA) is 153 Å². The molecule has 2 aromatic carbocycles. The fourth-order valence-electron chi connectivity index (χ4n) is 6.36. The molecule has 3 aliphatic rings. The first-order valence-corrected chi connectivity index (χ1v) is 17.5. The minimum Gasteiger partial charge on any atom is -0.341 e. The molecule has 0 radical (unpaired) electrons. The summed E-state index contributed by atoms with van der Waals surface area (Å²) in [5, 5.41) is 3.30. The molecule has 5 rings (SSSR count). The maximum atomic E-state index is 14.4. The molecule has 3 aliphatic heterocycles. The molecule has 0 spiro atoms. The van der Waals surface area contributed by atoms with Gasteiger partial charge in [-0.2, -0.15) is 4.31 Å². The lowest BCUT2D eigenvalue weighted by molar-refractivity contribution is -0.169. The Kier molecular flexibility index (Phi) is 10.2. The fraction of sp³-hybridized carbons (Fsp3) is 0.467. The van der Waals surface area contributed by atoms with Gasteiger partial charge in [-0.15, -0.1) is 0 Å². The van der Waals surface area contributed by atoms with Crippen LogP contribution in [-0.4, -0.2) is 108 Å². The van der Waals surface area contributed by atoms with Crippen LogP contribution in [0.4, 0.5) is 0 Å². The second-order valence-electron chi connectivity index (χ2n) is 11.8. The monoisotopic (exact) mass is 712 g/mol. The Hall–Kier alpha value is -2.94. The lowest BCUT2D eigenvalue weighted by atomic mass is 9.96. The van der Waals surface area contributed by atoms with Crippen molar-refractivity contribution in [3.05, 3.63) is 63.1 Å². The van der Waals surface area contributed by atoms with Gasteiger partial charge in [0.25, 0.3) is 0 Å². The highest BCUT2D eigenvalue weighted by Crippen LogP contribution is 2.35. The number of carbonyl (C=O) groups excluding carboxylic acids is 4. The summed E-state index contributed by atoms with van der Waals surface area (Å²) in [6.45, 7) is 3.14. The highest BCUT2D eigenvalue weighted by atomic mass is 35.5. The molecule has 0 saturated carbocycles. The van der Waals surface area contributed by atoms with Crippen molar-refractivity contribution < 1.29 is 27.6 Å². The van der Waals surface area contributed by atoms with E-state index in [-0.39, 0.29) is 46.4 Å². The number of piperazine rings is 1. The first-order chi connectivity index (χ1) is 21.7. The Morgan fingerprint density at radius 2 is 1.67 bits per heavy atom. The third-order valence-corrected chi connectivity index (χ3v) is 11.5. The Bertz CT molecular complexity index is 1640. The minimum absolute atomic E-state index is 0.0686. The van der Waals surface area contributed by atoms with Gasteiger partial charge >= 0.3 is 0 Å². The number of rotatable bonds is 8. The first-order valence-electron chi connectivity index (χ1n) is 14.9. The number of benzene rings is 2. The molecule has 4 atom stereocenters. The number of hydrogen-bond donors (Lipinski definition) is 2. The molecule has 46 heavy (non-hydrogen) atoms. The van der Waals surface area contributed by atoms with Crippen molar-refractivity contribution in [2.75, 3.05) is 26.2 Å². The SMILES string of the molecule is CC(C)N1CC2N(C(=O)C(NC(=O)C3CCCN3C(=O)CN)CN2S(=O)(=O)c2ccc(Cl)cc2Cl)C(Cc2ccc(Cl)cc2)C1=O. The lowest BCUT2D eigenvalue weighted by Crippen LogP contribution is -2.76. The molecule has 12 nitrogen and oxygen atoms in total. The third kappa shape index (κ3) is 6.58. The van der Waals surface area contributed by atoms with Crippen LogP contribution >= 0.6 is 34.8 Å². The standard InChI is InChI=1S/C30H35Cl3N6O6S/c1-17(2)37-16-26-38(46(44,45)25-10-9-20(32)13-21(25)33)15-22(35-28(41)23-4-3-11-36(23)27(40)14-34)29(42)39(26)24(30(37)43)12-18-5-7-19(31)8-6-18/h5-10,13,17,22-24,26H,3-4,11-12,14-16,34H2,1-2H3,(H,35,41). The maximum Gasteiger partial charge on any atom is 0.248 e. The molecular weight excluding hydrogens is 679 g/mol. The van der Waals surface area contributed by atoms with E-state index in [1.807, 2.05) is 13.8 Å². The number of halogens is 3. The van der Waals surface area contributed by atoms with Gasteiger partial charge in [-0.25, -0.2) is 8.42 Å². The third-order valence-electron chi connectivity index (χ3n) is 8.65. The van der Waals surface area contributed by atoms with Crippen LogP contribution in [-0.2, 0) is 35.6 Å². The fourth-order valence-corrected chi connectivity index (χ4v) is 8.81. The van der Waals surface area contributed by atoms with Gasteiger partial charge in [0.15, 0.2) is 0 Å². The van der Waals surface area contributed by atoms with Crippen molar-refractivity contribution in [2.45, 2.75) is 68.3 Å². The number of nitrogens with two attached hydrogens (primary N) is 1. The molecular formula is C30H35Cl3N6O6S. The zero-order valence-corrected chi connectivity index (χ0v) is 28.3. The largest absolute Gasteiger partial charge is 0.341 e. The minimum atomic E-state index is -4.43. The quantitative estimate of drug-likeness (QED) is 0.425. The second kappa shape index (κ2) is 13.7. The summed E-state index contributed by atoms with van der Waals surface area (Å²) in [6, 6.07) is 7.12. The van der Waals surface area contributed by atoms with Crippen LogP contribution in [0.3, 0.4) is 0 Å². The van der Waals surface area contributed by atoms with E-state index in [9.17, 15) is 27.6 Å². The van der Waals surface area contributed by atoms with Crippen LogP contribution in [0.2, 0.25) is 15.1 Å². The zero-order chi connectivity index (χ0) is 33.5. The smallest absolute Gasteiger partial charge is 0.248 e.